The Kier molecular flexibility index (Phi) is 4.26. The molecule has 0 aromatic carbocycles. The van der Waals surface area contributed by atoms with Crippen molar-refractivity contribution in [2.75, 3.05) is 20.1 Å². The van der Waals surface area contributed by atoms with E-state index in [1.54, 1.807) is 0 Å². The second-order valence-electron chi connectivity index (χ2n) is 1.45. The van der Waals surface area contributed by atoms with E-state index >= 15 is 0 Å². The highest BCUT2D eigenvalue weighted by atomic mass is 16.1. The Labute approximate surface area is 49.5 Å². The smallest absolute Gasteiger partial charge is 0.220 e. The lowest BCUT2D eigenvalue weighted by atomic mass is 10.6. The lowest BCUT2D eigenvalue weighted by Gasteiger charge is -1.97. The molecule has 0 aliphatic carbocycles. The van der Waals surface area contributed by atoms with Crippen LogP contribution in [0, 0.1) is 6.92 Å². The van der Waals surface area contributed by atoms with E-state index in [0.29, 0.717) is 6.54 Å². The first-order chi connectivity index (χ1) is 3.77. The van der Waals surface area contributed by atoms with Crippen molar-refractivity contribution in [3.63, 3.8) is 0 Å². The van der Waals surface area contributed by atoms with E-state index in [1.807, 2.05) is 7.05 Å². The molecule has 1 radical (unpaired) electrons. The first-order valence-electron chi connectivity index (χ1n) is 2.51. The van der Waals surface area contributed by atoms with Crippen LogP contribution in [-0.2, 0) is 4.79 Å². The van der Waals surface area contributed by atoms with Crippen LogP contribution < -0.4 is 10.6 Å². The number of amides is 1. The molecule has 47 valence electrons. The van der Waals surface area contributed by atoms with Gasteiger partial charge in [0.25, 0.3) is 0 Å². The zero-order valence-corrected chi connectivity index (χ0v) is 5.03. The summed E-state index contributed by atoms with van der Waals surface area (Å²) in [6.45, 7) is 4.58. The summed E-state index contributed by atoms with van der Waals surface area (Å²) in [7, 11) is 1.83. The van der Waals surface area contributed by atoms with Gasteiger partial charge in [-0.3, -0.25) is 4.79 Å². The number of hydrogen-bond acceptors (Lipinski definition) is 2. The van der Waals surface area contributed by atoms with Gasteiger partial charge in [-0.05, 0) is 7.05 Å². The summed E-state index contributed by atoms with van der Waals surface area (Å²) in [5, 5.41) is 5.41. The lowest BCUT2D eigenvalue weighted by Crippen LogP contribution is -2.28. The number of carbonyl (C=O) groups excluding carboxylic acids is 1. The highest BCUT2D eigenvalue weighted by Crippen LogP contribution is 1.56. The van der Waals surface area contributed by atoms with Crippen LogP contribution in [0.3, 0.4) is 0 Å². The molecule has 0 saturated heterocycles. The minimum atomic E-state index is -0.222. The maximum Gasteiger partial charge on any atom is 0.220 e. The predicted octanol–water partition coefficient (Wildman–Crippen LogP) is -0.844. The molecule has 1 amide bonds. The zero-order valence-electron chi connectivity index (χ0n) is 5.03. The monoisotopic (exact) mass is 115 g/mol. The number of hydrogen-bond donors (Lipinski definition) is 2. The fourth-order valence-corrected chi connectivity index (χ4v) is 0.327. The van der Waals surface area contributed by atoms with Gasteiger partial charge in [0.05, 0.1) is 0 Å². The van der Waals surface area contributed by atoms with Crippen molar-refractivity contribution in [2.45, 2.75) is 0 Å². The Bertz CT molecular complexity index is 72.8. The average molecular weight is 115 g/mol. The van der Waals surface area contributed by atoms with Crippen molar-refractivity contribution >= 4 is 5.91 Å². The minimum Gasteiger partial charge on any atom is -0.355 e. The second-order valence-corrected chi connectivity index (χ2v) is 1.45. The van der Waals surface area contributed by atoms with Gasteiger partial charge < -0.3 is 10.6 Å². The van der Waals surface area contributed by atoms with E-state index < -0.39 is 0 Å². The molecule has 0 aromatic heterocycles. The molecule has 0 aliphatic heterocycles. The molecule has 3 heteroatoms. The van der Waals surface area contributed by atoms with Crippen molar-refractivity contribution in [3.05, 3.63) is 6.92 Å². The molecule has 0 spiro atoms. The van der Waals surface area contributed by atoms with Gasteiger partial charge in [-0.1, -0.05) is 0 Å². The molecule has 0 fully saturated rings. The van der Waals surface area contributed by atoms with Crippen LogP contribution in [0.4, 0.5) is 0 Å². The molecule has 8 heavy (non-hydrogen) atoms. The maximum atomic E-state index is 10.1. The quantitative estimate of drug-likeness (QED) is 0.471. The average Bonchev–Trinajstić information content (AvgIpc) is 1.66. The maximum absolute atomic E-state index is 10.1. The number of nitrogens with one attached hydrogen (secondary N) is 2. The van der Waals surface area contributed by atoms with Gasteiger partial charge in [0, 0.05) is 20.0 Å². The van der Waals surface area contributed by atoms with Crippen LogP contribution in [0.5, 0.6) is 0 Å². The molecular weight excluding hydrogens is 104 g/mol. The van der Waals surface area contributed by atoms with Crippen molar-refractivity contribution in [1.29, 1.82) is 0 Å². The van der Waals surface area contributed by atoms with Gasteiger partial charge in [0.15, 0.2) is 0 Å². The molecule has 0 saturated carbocycles. The third kappa shape index (κ3) is 5.43. The van der Waals surface area contributed by atoms with E-state index in [1.165, 1.54) is 0 Å². The molecule has 0 bridgehead atoms. The topological polar surface area (TPSA) is 41.1 Å². The normalized spacial score (nSPS) is 8.75. The molecule has 0 aliphatic rings. The summed E-state index contributed by atoms with van der Waals surface area (Å²) < 4.78 is 0. The number of rotatable bonds is 3. The van der Waals surface area contributed by atoms with E-state index in [0.717, 1.165) is 6.54 Å². The Balaban J connectivity index is 2.82. The highest BCUT2D eigenvalue weighted by molar-refractivity contribution is 5.79. The van der Waals surface area contributed by atoms with Crippen molar-refractivity contribution < 1.29 is 4.79 Å². The first-order valence-corrected chi connectivity index (χ1v) is 2.51. The Morgan fingerprint density at radius 1 is 1.62 bits per heavy atom. The largest absolute Gasteiger partial charge is 0.355 e. The van der Waals surface area contributed by atoms with Crippen molar-refractivity contribution in [2.24, 2.45) is 0 Å². The molecule has 3 nitrogen and oxygen atoms in total. The summed E-state index contributed by atoms with van der Waals surface area (Å²) in [5.41, 5.74) is 0. The minimum absolute atomic E-state index is 0.222. The van der Waals surface area contributed by atoms with E-state index in [4.69, 9.17) is 0 Å². The van der Waals surface area contributed by atoms with Gasteiger partial charge >= 0.3 is 0 Å². The Morgan fingerprint density at radius 3 is 2.62 bits per heavy atom. The molecule has 0 heterocycles. The molecule has 0 aromatic rings. The van der Waals surface area contributed by atoms with Gasteiger partial charge in [-0.25, -0.2) is 0 Å². The first kappa shape index (κ1) is 7.43. The van der Waals surface area contributed by atoms with Gasteiger partial charge in [0.2, 0.25) is 5.91 Å². The van der Waals surface area contributed by atoms with E-state index in [9.17, 15) is 4.79 Å². The zero-order chi connectivity index (χ0) is 6.41. The Morgan fingerprint density at radius 2 is 2.25 bits per heavy atom. The van der Waals surface area contributed by atoms with Crippen LogP contribution in [-0.4, -0.2) is 26.0 Å². The fourth-order valence-electron chi connectivity index (χ4n) is 0.327. The SMILES string of the molecule is [CH2]C(=O)NCCNC. The van der Waals surface area contributed by atoms with Crippen LogP contribution in [0.15, 0.2) is 0 Å². The van der Waals surface area contributed by atoms with E-state index in [2.05, 4.69) is 17.6 Å². The van der Waals surface area contributed by atoms with Crippen LogP contribution >= 0.6 is 0 Å². The summed E-state index contributed by atoms with van der Waals surface area (Å²) in [6.07, 6.45) is 0. The third-order valence-electron chi connectivity index (χ3n) is 0.697. The Hall–Kier alpha value is -0.570. The molecular formula is C5H11N2O. The highest BCUT2D eigenvalue weighted by Gasteiger charge is 1.85. The molecule has 2 N–H and O–H groups in total. The summed E-state index contributed by atoms with van der Waals surface area (Å²) in [4.78, 5) is 10.1. The summed E-state index contributed by atoms with van der Waals surface area (Å²) in [6, 6.07) is 0. The number of likely N-dealkylation sites (N-methyl/N-ethyl adjacent to an activating group) is 1. The van der Waals surface area contributed by atoms with E-state index in [-0.39, 0.29) is 5.91 Å². The second kappa shape index (κ2) is 4.59. The third-order valence-corrected chi connectivity index (χ3v) is 0.697. The summed E-state index contributed by atoms with van der Waals surface area (Å²) >= 11 is 0. The summed E-state index contributed by atoms with van der Waals surface area (Å²) in [5.74, 6) is -0.222. The molecule has 0 unspecified atom stereocenters. The van der Waals surface area contributed by atoms with Crippen molar-refractivity contribution in [3.8, 4) is 0 Å². The van der Waals surface area contributed by atoms with Gasteiger partial charge in [-0.15, -0.1) is 0 Å². The van der Waals surface area contributed by atoms with Crippen molar-refractivity contribution in [1.82, 2.24) is 10.6 Å². The fraction of sp³-hybridized carbons (Fsp3) is 0.600. The van der Waals surface area contributed by atoms with Gasteiger partial charge in [-0.2, -0.15) is 0 Å². The predicted molar refractivity (Wildman–Crippen MR) is 32.3 cm³/mol. The molecule has 0 atom stereocenters. The number of carbonyl (C=O) groups is 1. The molecule has 0 rings (SSSR count). The van der Waals surface area contributed by atoms with Crippen LogP contribution in [0.25, 0.3) is 0 Å². The lowest BCUT2D eigenvalue weighted by molar-refractivity contribution is -0.116. The standard InChI is InChI=1S/C5H11N2O/c1-5(8)7-4-3-6-2/h6H,1,3-4H2,2H3,(H,7,8). The van der Waals surface area contributed by atoms with Crippen LogP contribution in [0.1, 0.15) is 0 Å². The van der Waals surface area contributed by atoms with Gasteiger partial charge in [0.1, 0.15) is 0 Å². The van der Waals surface area contributed by atoms with Crippen LogP contribution in [0.2, 0.25) is 0 Å².